The molecular formula is C12H17NO2S. The maximum absolute atomic E-state index is 10.5. The molecule has 0 saturated heterocycles. The molecule has 0 aliphatic carbocycles. The maximum atomic E-state index is 10.5. The third kappa shape index (κ3) is 5.09. The lowest BCUT2D eigenvalue weighted by atomic mass is 10.3. The van der Waals surface area contributed by atoms with Gasteiger partial charge in [0, 0.05) is 22.8 Å². The summed E-state index contributed by atoms with van der Waals surface area (Å²) in [7, 11) is 0. The van der Waals surface area contributed by atoms with Crippen molar-refractivity contribution in [2.75, 3.05) is 6.54 Å². The van der Waals surface area contributed by atoms with E-state index in [-0.39, 0.29) is 6.42 Å². The molecule has 1 aromatic rings. The van der Waals surface area contributed by atoms with Gasteiger partial charge in [-0.15, -0.1) is 11.3 Å². The Morgan fingerprint density at radius 2 is 2.12 bits per heavy atom. The molecule has 0 aliphatic rings. The minimum absolute atomic E-state index is 0.124. The molecule has 0 unspecified atom stereocenters. The molecule has 0 amide bonds. The van der Waals surface area contributed by atoms with Gasteiger partial charge < -0.3 is 10.4 Å². The predicted molar refractivity (Wildman–Crippen MR) is 66.8 cm³/mol. The second kappa shape index (κ2) is 6.45. The summed E-state index contributed by atoms with van der Waals surface area (Å²) in [5.41, 5.74) is 1.30. The fourth-order valence-corrected chi connectivity index (χ4v) is 2.21. The van der Waals surface area contributed by atoms with Gasteiger partial charge in [-0.25, -0.2) is 0 Å². The summed E-state index contributed by atoms with van der Waals surface area (Å²) < 4.78 is 0. The van der Waals surface area contributed by atoms with E-state index in [1.54, 1.807) is 11.3 Å². The molecule has 3 nitrogen and oxygen atoms in total. The number of carboxylic acid groups (broad SMARTS) is 1. The zero-order valence-corrected chi connectivity index (χ0v) is 10.4. The molecule has 4 heteroatoms. The van der Waals surface area contributed by atoms with Crippen LogP contribution in [0.5, 0.6) is 0 Å². The number of allylic oxidation sites excluding steroid dienone is 1. The van der Waals surface area contributed by atoms with Gasteiger partial charge in [0.15, 0.2) is 0 Å². The van der Waals surface area contributed by atoms with Crippen LogP contribution >= 0.6 is 11.3 Å². The summed E-state index contributed by atoms with van der Waals surface area (Å²) in [4.78, 5) is 12.6. The third-order valence-electron chi connectivity index (χ3n) is 2.00. The van der Waals surface area contributed by atoms with Gasteiger partial charge in [0.1, 0.15) is 0 Å². The van der Waals surface area contributed by atoms with Crippen molar-refractivity contribution >= 4 is 17.3 Å². The first-order valence-electron chi connectivity index (χ1n) is 5.21. The Balaban J connectivity index is 2.35. The molecule has 0 aliphatic heterocycles. The smallest absolute Gasteiger partial charge is 0.308 e. The molecule has 0 saturated carbocycles. The van der Waals surface area contributed by atoms with Crippen LogP contribution in [0.1, 0.15) is 23.6 Å². The monoisotopic (exact) mass is 239 g/mol. The van der Waals surface area contributed by atoms with Crippen molar-refractivity contribution in [3.8, 4) is 0 Å². The molecule has 0 bridgehead atoms. The van der Waals surface area contributed by atoms with Crippen molar-refractivity contribution in [3.63, 3.8) is 0 Å². The Kier molecular flexibility index (Phi) is 5.22. The molecule has 1 rings (SSSR count). The average molecular weight is 239 g/mol. The van der Waals surface area contributed by atoms with Crippen LogP contribution < -0.4 is 5.32 Å². The van der Waals surface area contributed by atoms with E-state index in [1.807, 2.05) is 12.1 Å². The van der Waals surface area contributed by atoms with Crippen LogP contribution in [0.3, 0.4) is 0 Å². The van der Waals surface area contributed by atoms with Gasteiger partial charge in [0.2, 0.25) is 0 Å². The standard InChI is InChI=1S/C12H17NO2S/c1-9(2)5-6-13-8-11-4-3-10(16-11)7-12(14)15/h3-5,13H,6-8H2,1-2H3,(H,14,15). The van der Waals surface area contributed by atoms with E-state index in [9.17, 15) is 4.79 Å². The van der Waals surface area contributed by atoms with E-state index in [0.717, 1.165) is 18.0 Å². The van der Waals surface area contributed by atoms with Gasteiger partial charge in [0.05, 0.1) is 6.42 Å². The number of carboxylic acids is 1. The van der Waals surface area contributed by atoms with Crippen molar-refractivity contribution < 1.29 is 9.90 Å². The van der Waals surface area contributed by atoms with E-state index in [4.69, 9.17) is 5.11 Å². The molecule has 0 atom stereocenters. The van der Waals surface area contributed by atoms with Crippen LogP contribution in [-0.4, -0.2) is 17.6 Å². The number of rotatable bonds is 6. The SMILES string of the molecule is CC(C)=CCNCc1ccc(CC(=O)O)s1. The Morgan fingerprint density at radius 1 is 1.44 bits per heavy atom. The first kappa shape index (κ1) is 12.9. The highest BCUT2D eigenvalue weighted by Crippen LogP contribution is 2.16. The lowest BCUT2D eigenvalue weighted by Crippen LogP contribution is -2.11. The molecule has 0 spiro atoms. The number of aliphatic carboxylic acids is 1. The van der Waals surface area contributed by atoms with E-state index >= 15 is 0 Å². The van der Waals surface area contributed by atoms with E-state index in [1.165, 1.54) is 10.5 Å². The van der Waals surface area contributed by atoms with Gasteiger partial charge >= 0.3 is 5.97 Å². The molecule has 88 valence electrons. The Hall–Kier alpha value is -1.13. The predicted octanol–water partition coefficient (Wildman–Crippen LogP) is 2.43. The topological polar surface area (TPSA) is 49.3 Å². The molecule has 0 fully saturated rings. The minimum atomic E-state index is -0.772. The highest BCUT2D eigenvalue weighted by molar-refractivity contribution is 7.12. The molecule has 2 N–H and O–H groups in total. The minimum Gasteiger partial charge on any atom is -0.481 e. The van der Waals surface area contributed by atoms with Crippen LogP contribution in [-0.2, 0) is 17.8 Å². The van der Waals surface area contributed by atoms with Crippen LogP contribution in [0.4, 0.5) is 0 Å². The number of thiophene rings is 1. The van der Waals surface area contributed by atoms with Gasteiger partial charge in [-0.3, -0.25) is 4.79 Å². The summed E-state index contributed by atoms with van der Waals surface area (Å²) in [5.74, 6) is -0.772. The number of nitrogens with one attached hydrogen (secondary N) is 1. The highest BCUT2D eigenvalue weighted by Gasteiger charge is 2.03. The lowest BCUT2D eigenvalue weighted by Gasteiger charge is -1.98. The normalized spacial score (nSPS) is 10.1. The second-order valence-electron chi connectivity index (χ2n) is 3.85. The zero-order valence-electron chi connectivity index (χ0n) is 9.62. The van der Waals surface area contributed by atoms with E-state index in [2.05, 4.69) is 25.2 Å². The summed E-state index contributed by atoms with van der Waals surface area (Å²) in [5, 5.41) is 11.9. The molecular weight excluding hydrogens is 222 g/mol. The van der Waals surface area contributed by atoms with Crippen LogP contribution in [0.25, 0.3) is 0 Å². The molecule has 0 radical (unpaired) electrons. The van der Waals surface area contributed by atoms with Gasteiger partial charge in [-0.05, 0) is 26.0 Å². The fourth-order valence-electron chi connectivity index (χ4n) is 1.23. The number of hydrogen-bond acceptors (Lipinski definition) is 3. The van der Waals surface area contributed by atoms with Crippen LogP contribution in [0.2, 0.25) is 0 Å². The number of carbonyl (C=O) groups is 1. The van der Waals surface area contributed by atoms with Crippen molar-refractivity contribution in [2.45, 2.75) is 26.8 Å². The van der Waals surface area contributed by atoms with Gasteiger partial charge in [-0.1, -0.05) is 11.6 Å². The molecule has 1 aromatic heterocycles. The number of hydrogen-bond donors (Lipinski definition) is 2. The quantitative estimate of drug-likeness (QED) is 0.592. The summed E-state index contributed by atoms with van der Waals surface area (Å²) in [6.45, 7) is 5.79. The average Bonchev–Trinajstić information content (AvgIpc) is 2.59. The van der Waals surface area contributed by atoms with Crippen molar-refractivity contribution in [1.29, 1.82) is 0 Å². The van der Waals surface area contributed by atoms with Crippen molar-refractivity contribution in [3.05, 3.63) is 33.5 Å². The Labute approximate surface area is 99.8 Å². The second-order valence-corrected chi connectivity index (χ2v) is 5.10. The Morgan fingerprint density at radius 3 is 2.75 bits per heavy atom. The van der Waals surface area contributed by atoms with Gasteiger partial charge in [-0.2, -0.15) is 0 Å². The third-order valence-corrected chi connectivity index (χ3v) is 3.08. The van der Waals surface area contributed by atoms with Crippen molar-refractivity contribution in [2.24, 2.45) is 0 Å². The lowest BCUT2D eigenvalue weighted by molar-refractivity contribution is -0.136. The van der Waals surface area contributed by atoms with Gasteiger partial charge in [0.25, 0.3) is 0 Å². The fraction of sp³-hybridized carbons (Fsp3) is 0.417. The van der Waals surface area contributed by atoms with Crippen molar-refractivity contribution in [1.82, 2.24) is 5.32 Å². The summed E-state index contributed by atoms with van der Waals surface area (Å²) >= 11 is 1.56. The summed E-state index contributed by atoms with van der Waals surface area (Å²) in [6, 6.07) is 3.87. The first-order valence-corrected chi connectivity index (χ1v) is 6.03. The maximum Gasteiger partial charge on any atom is 0.308 e. The van der Waals surface area contributed by atoms with Crippen LogP contribution in [0, 0.1) is 0 Å². The zero-order chi connectivity index (χ0) is 12.0. The van der Waals surface area contributed by atoms with E-state index < -0.39 is 5.97 Å². The van der Waals surface area contributed by atoms with E-state index in [0.29, 0.717) is 0 Å². The van der Waals surface area contributed by atoms with Crippen LogP contribution in [0.15, 0.2) is 23.8 Å². The molecule has 16 heavy (non-hydrogen) atoms. The Bertz CT molecular complexity index is 378. The molecule has 1 heterocycles. The first-order chi connectivity index (χ1) is 7.58. The largest absolute Gasteiger partial charge is 0.481 e. The molecule has 0 aromatic carbocycles. The summed E-state index contributed by atoms with van der Waals surface area (Å²) in [6.07, 6.45) is 2.25. The highest BCUT2D eigenvalue weighted by atomic mass is 32.1.